The van der Waals surface area contributed by atoms with Crippen molar-refractivity contribution in [2.24, 2.45) is 11.1 Å². The third-order valence-corrected chi connectivity index (χ3v) is 3.51. The largest absolute Gasteiger partial charge is 0.573 e. The lowest BCUT2D eigenvalue weighted by molar-refractivity contribution is -0.275. The summed E-state index contributed by atoms with van der Waals surface area (Å²) in [6.45, 7) is 2.98. The molecule has 1 atom stereocenters. The molecule has 1 rings (SSSR count). The van der Waals surface area contributed by atoms with Crippen LogP contribution in [-0.2, 0) is 9.53 Å². The van der Waals surface area contributed by atoms with Gasteiger partial charge in [0.25, 0.3) is 0 Å². The number of carbonyl (C=O) groups excluding carboxylic acids is 1. The normalized spacial score (nSPS) is 13.7. The van der Waals surface area contributed by atoms with Gasteiger partial charge >= 0.3 is 12.3 Å². The molecule has 0 saturated carbocycles. The molecule has 4 nitrogen and oxygen atoms in total. The SMILES string of the molecule is COC(=O)C(C)(C)[C@@H](N)c1cc(Br)ccc1OC(F)(F)F. The number of alkyl halides is 3. The van der Waals surface area contributed by atoms with E-state index in [-0.39, 0.29) is 5.56 Å². The van der Waals surface area contributed by atoms with E-state index in [2.05, 4.69) is 25.4 Å². The highest BCUT2D eigenvalue weighted by molar-refractivity contribution is 9.10. The number of hydrogen-bond acceptors (Lipinski definition) is 4. The maximum Gasteiger partial charge on any atom is 0.573 e. The minimum Gasteiger partial charge on any atom is -0.469 e. The number of methoxy groups -OCH3 is 1. The predicted molar refractivity (Wildman–Crippen MR) is 73.6 cm³/mol. The molecule has 1 aromatic rings. The molecule has 0 aliphatic carbocycles. The smallest absolute Gasteiger partial charge is 0.469 e. The monoisotopic (exact) mass is 369 g/mol. The van der Waals surface area contributed by atoms with Crippen LogP contribution in [0.4, 0.5) is 13.2 Å². The Morgan fingerprint density at radius 2 is 1.90 bits per heavy atom. The van der Waals surface area contributed by atoms with Crippen molar-refractivity contribution in [2.75, 3.05) is 7.11 Å². The van der Waals surface area contributed by atoms with Gasteiger partial charge in [-0.05, 0) is 32.0 Å². The first-order valence-corrected chi connectivity index (χ1v) is 6.67. The van der Waals surface area contributed by atoms with Gasteiger partial charge in [0.1, 0.15) is 5.75 Å². The number of hydrogen-bond donors (Lipinski definition) is 1. The highest BCUT2D eigenvalue weighted by Crippen LogP contribution is 2.39. The number of esters is 1. The van der Waals surface area contributed by atoms with E-state index < -0.39 is 29.5 Å². The third-order valence-electron chi connectivity index (χ3n) is 3.02. The Bertz CT molecular complexity index is 532. The quantitative estimate of drug-likeness (QED) is 0.824. The van der Waals surface area contributed by atoms with Gasteiger partial charge in [-0.3, -0.25) is 4.79 Å². The van der Waals surface area contributed by atoms with E-state index >= 15 is 0 Å². The van der Waals surface area contributed by atoms with Crippen LogP contribution in [0.3, 0.4) is 0 Å². The van der Waals surface area contributed by atoms with Gasteiger partial charge in [0.05, 0.1) is 12.5 Å². The van der Waals surface area contributed by atoms with E-state index in [0.717, 1.165) is 6.07 Å². The Morgan fingerprint density at radius 1 is 1.33 bits per heavy atom. The van der Waals surface area contributed by atoms with Gasteiger partial charge in [0.15, 0.2) is 0 Å². The van der Waals surface area contributed by atoms with Crippen molar-refractivity contribution < 1.29 is 27.4 Å². The van der Waals surface area contributed by atoms with Crippen molar-refractivity contribution in [1.29, 1.82) is 0 Å². The van der Waals surface area contributed by atoms with Gasteiger partial charge in [-0.15, -0.1) is 13.2 Å². The minimum absolute atomic E-state index is 0.0529. The van der Waals surface area contributed by atoms with Gasteiger partial charge in [0.2, 0.25) is 0 Å². The molecule has 118 valence electrons. The van der Waals surface area contributed by atoms with Crippen molar-refractivity contribution in [3.05, 3.63) is 28.2 Å². The number of carbonyl (C=O) groups is 1. The summed E-state index contributed by atoms with van der Waals surface area (Å²) in [5.74, 6) is -1.08. The van der Waals surface area contributed by atoms with Gasteiger partial charge in [-0.1, -0.05) is 15.9 Å². The summed E-state index contributed by atoms with van der Waals surface area (Å²) in [4.78, 5) is 11.8. The molecule has 0 bridgehead atoms. The summed E-state index contributed by atoms with van der Waals surface area (Å²) in [6, 6.07) is 2.87. The fourth-order valence-electron chi connectivity index (χ4n) is 1.76. The van der Waals surface area contributed by atoms with E-state index in [4.69, 9.17) is 5.73 Å². The van der Waals surface area contributed by atoms with Crippen molar-refractivity contribution in [2.45, 2.75) is 26.3 Å². The lowest BCUT2D eigenvalue weighted by atomic mass is 9.80. The second-order valence-corrected chi connectivity index (χ2v) is 5.84. The summed E-state index contributed by atoms with van der Waals surface area (Å²) in [5.41, 5.74) is 4.80. The molecular weight excluding hydrogens is 355 g/mol. The zero-order chi connectivity index (χ0) is 16.4. The fraction of sp³-hybridized carbons (Fsp3) is 0.462. The first-order valence-electron chi connectivity index (χ1n) is 5.88. The molecule has 21 heavy (non-hydrogen) atoms. The summed E-state index contributed by atoms with van der Waals surface area (Å²) >= 11 is 3.16. The van der Waals surface area contributed by atoms with E-state index in [1.54, 1.807) is 0 Å². The van der Waals surface area contributed by atoms with Crippen LogP contribution in [-0.4, -0.2) is 19.4 Å². The summed E-state index contributed by atoms with van der Waals surface area (Å²) in [6.07, 6.45) is -4.85. The van der Waals surface area contributed by atoms with Crippen LogP contribution in [0.15, 0.2) is 22.7 Å². The van der Waals surface area contributed by atoms with E-state index in [0.29, 0.717) is 4.47 Å². The Morgan fingerprint density at radius 3 is 2.38 bits per heavy atom. The summed E-state index contributed by atoms with van der Waals surface area (Å²) < 4.78 is 46.4. The Balaban J connectivity index is 3.27. The molecule has 0 spiro atoms. The highest BCUT2D eigenvalue weighted by Gasteiger charge is 2.40. The molecule has 0 aliphatic heterocycles. The standard InChI is InChI=1S/C13H15BrF3NO3/c1-12(2,11(19)20-3)10(18)8-6-7(14)4-5-9(8)21-13(15,16)17/h4-6,10H,18H2,1-3H3/t10-/m0/s1. The van der Waals surface area contributed by atoms with Crippen LogP contribution >= 0.6 is 15.9 Å². The average Bonchev–Trinajstić information content (AvgIpc) is 2.37. The molecular formula is C13H15BrF3NO3. The zero-order valence-corrected chi connectivity index (χ0v) is 13.2. The van der Waals surface area contributed by atoms with Crippen molar-refractivity contribution >= 4 is 21.9 Å². The Hall–Kier alpha value is -1.28. The van der Waals surface area contributed by atoms with E-state index in [9.17, 15) is 18.0 Å². The molecule has 0 amide bonds. The molecule has 0 fully saturated rings. The Kier molecular flexibility index (Phi) is 5.27. The number of halogens is 4. The fourth-order valence-corrected chi connectivity index (χ4v) is 2.14. The van der Waals surface area contributed by atoms with E-state index in [1.807, 2.05) is 0 Å². The van der Waals surface area contributed by atoms with Crippen LogP contribution in [0.25, 0.3) is 0 Å². The molecule has 1 aromatic carbocycles. The average molecular weight is 370 g/mol. The van der Waals surface area contributed by atoms with Crippen molar-refractivity contribution in [3.8, 4) is 5.75 Å². The molecule has 0 unspecified atom stereocenters. The summed E-state index contributed by atoms with van der Waals surface area (Å²) in [5, 5.41) is 0. The van der Waals surface area contributed by atoms with Crippen molar-refractivity contribution in [1.82, 2.24) is 0 Å². The first kappa shape index (κ1) is 17.8. The molecule has 0 aromatic heterocycles. The topological polar surface area (TPSA) is 61.5 Å². The molecule has 0 heterocycles. The lowest BCUT2D eigenvalue weighted by Crippen LogP contribution is -2.38. The number of benzene rings is 1. The predicted octanol–water partition coefficient (Wildman–Crippen LogP) is 3.55. The maximum atomic E-state index is 12.4. The van der Waals surface area contributed by atoms with Crippen LogP contribution < -0.4 is 10.5 Å². The minimum atomic E-state index is -4.85. The Labute approximate surface area is 128 Å². The number of ether oxygens (including phenoxy) is 2. The second kappa shape index (κ2) is 6.23. The molecule has 2 N–H and O–H groups in total. The molecule has 0 saturated heterocycles. The molecule has 8 heteroatoms. The van der Waals surface area contributed by atoms with Crippen LogP contribution in [0.1, 0.15) is 25.5 Å². The van der Waals surface area contributed by atoms with Crippen LogP contribution in [0.5, 0.6) is 5.75 Å². The number of nitrogens with two attached hydrogens (primary N) is 1. The lowest BCUT2D eigenvalue weighted by Gasteiger charge is -2.30. The van der Waals surface area contributed by atoms with Crippen LogP contribution in [0, 0.1) is 5.41 Å². The van der Waals surface area contributed by atoms with Crippen molar-refractivity contribution in [3.63, 3.8) is 0 Å². The van der Waals surface area contributed by atoms with E-state index in [1.165, 1.54) is 33.1 Å². The third kappa shape index (κ3) is 4.34. The van der Waals surface area contributed by atoms with Crippen LogP contribution in [0.2, 0.25) is 0 Å². The van der Waals surface area contributed by atoms with Gasteiger partial charge in [-0.2, -0.15) is 0 Å². The molecule has 0 radical (unpaired) electrons. The number of rotatable bonds is 4. The van der Waals surface area contributed by atoms with Gasteiger partial charge in [0, 0.05) is 16.1 Å². The van der Waals surface area contributed by atoms with Gasteiger partial charge in [-0.25, -0.2) is 0 Å². The highest BCUT2D eigenvalue weighted by atomic mass is 79.9. The summed E-state index contributed by atoms with van der Waals surface area (Å²) in [7, 11) is 1.19. The maximum absolute atomic E-state index is 12.4. The molecule has 0 aliphatic rings. The van der Waals surface area contributed by atoms with Gasteiger partial charge < -0.3 is 15.2 Å². The zero-order valence-electron chi connectivity index (χ0n) is 11.6. The first-order chi connectivity index (χ1) is 9.49. The second-order valence-electron chi connectivity index (χ2n) is 4.92.